The molecule has 0 saturated heterocycles. The summed E-state index contributed by atoms with van der Waals surface area (Å²) in [5.41, 5.74) is 6.66. The maximum absolute atomic E-state index is 12.7. The van der Waals surface area contributed by atoms with Crippen LogP contribution in [0.5, 0.6) is 0 Å². The Kier molecular flexibility index (Phi) is 8.27. The molecule has 2 amide bonds. The molecule has 0 atom stereocenters. The number of amides is 2. The van der Waals surface area contributed by atoms with Gasteiger partial charge in [0, 0.05) is 11.7 Å². The second-order valence-corrected chi connectivity index (χ2v) is 8.27. The lowest BCUT2D eigenvalue weighted by Gasteiger charge is -2.16. The number of hydrogen-bond acceptors (Lipinski definition) is 4. The van der Waals surface area contributed by atoms with Gasteiger partial charge in [-0.05, 0) is 58.4 Å². The second-order valence-electron chi connectivity index (χ2n) is 6.62. The van der Waals surface area contributed by atoms with Crippen LogP contribution in [-0.2, 0) is 10.0 Å². The number of benzene rings is 1. The van der Waals surface area contributed by atoms with Crippen molar-refractivity contribution in [1.29, 1.82) is 0 Å². The molecule has 8 heteroatoms. The predicted molar refractivity (Wildman–Crippen MR) is 109 cm³/mol. The Morgan fingerprint density at radius 3 is 2.37 bits per heavy atom. The lowest BCUT2D eigenvalue weighted by molar-refractivity contribution is -0.275. The molecule has 27 heavy (non-hydrogen) atoms. The molecule has 1 aromatic carbocycles. The summed E-state index contributed by atoms with van der Waals surface area (Å²) in [6, 6.07) is 6.54. The van der Waals surface area contributed by atoms with Crippen molar-refractivity contribution in [3.8, 4) is 0 Å². The van der Waals surface area contributed by atoms with Gasteiger partial charge in [-0.3, -0.25) is 0 Å². The highest BCUT2D eigenvalue weighted by atomic mass is 32.2. The fourth-order valence-corrected chi connectivity index (χ4v) is 3.19. The Balaban J connectivity index is 3.26. The SMILES string of the molecule is CC(C)=CC=C(Nc1cccc(C)c1)C(=C[NH3+])S(=O)(=O)NC(=O)NC(C)C. The van der Waals surface area contributed by atoms with Crippen molar-refractivity contribution in [2.24, 2.45) is 0 Å². The van der Waals surface area contributed by atoms with Gasteiger partial charge in [0.05, 0.1) is 5.70 Å². The third-order valence-corrected chi connectivity index (χ3v) is 4.69. The van der Waals surface area contributed by atoms with E-state index in [4.69, 9.17) is 0 Å². The molecule has 148 valence electrons. The number of anilines is 1. The number of allylic oxidation sites excluding steroid dienone is 3. The summed E-state index contributed by atoms with van der Waals surface area (Å²) in [5, 5.41) is 5.60. The Labute approximate surface area is 161 Å². The Morgan fingerprint density at radius 1 is 1.19 bits per heavy atom. The topological polar surface area (TPSA) is 115 Å². The molecule has 6 N–H and O–H groups in total. The third-order valence-electron chi connectivity index (χ3n) is 3.27. The lowest BCUT2D eigenvalue weighted by atomic mass is 10.2. The van der Waals surface area contributed by atoms with Crippen LogP contribution in [0.15, 0.2) is 58.8 Å². The highest BCUT2D eigenvalue weighted by molar-refractivity contribution is 7.94. The second kappa shape index (κ2) is 9.94. The Morgan fingerprint density at radius 2 is 1.85 bits per heavy atom. The first-order valence-corrected chi connectivity index (χ1v) is 10.1. The van der Waals surface area contributed by atoms with Crippen molar-refractivity contribution in [2.75, 3.05) is 5.32 Å². The molecule has 0 fully saturated rings. The van der Waals surface area contributed by atoms with Gasteiger partial charge >= 0.3 is 6.03 Å². The van der Waals surface area contributed by atoms with Gasteiger partial charge in [-0.25, -0.2) is 17.9 Å². The van der Waals surface area contributed by atoms with Crippen molar-refractivity contribution < 1.29 is 18.9 Å². The normalized spacial score (nSPS) is 12.6. The lowest BCUT2D eigenvalue weighted by Crippen LogP contribution is -2.46. The molecule has 0 unspecified atom stereocenters. The molecular weight excluding hydrogens is 364 g/mol. The van der Waals surface area contributed by atoms with Gasteiger partial charge in [-0.15, -0.1) is 0 Å². The molecule has 0 aliphatic rings. The van der Waals surface area contributed by atoms with E-state index in [1.165, 1.54) is 6.20 Å². The number of carbonyl (C=O) groups is 1. The fraction of sp³-hybridized carbons (Fsp3) is 0.316. The van der Waals surface area contributed by atoms with Crippen LogP contribution in [0.25, 0.3) is 0 Å². The standard InChI is InChI=1S/C19H28N4O3S/c1-13(2)9-10-17(22-16-8-6-7-15(5)11-16)18(12-20)27(25,26)23-19(24)21-14(3)4/h6-12,14,22H,20H2,1-5H3,(H2,21,23,24)/p+1. The number of carbonyl (C=O) groups excluding carboxylic acids is 1. The summed E-state index contributed by atoms with van der Waals surface area (Å²) in [6.07, 6.45) is 4.64. The van der Waals surface area contributed by atoms with Crippen molar-refractivity contribution in [2.45, 2.75) is 40.7 Å². The number of quaternary nitrogens is 1. The molecule has 7 nitrogen and oxygen atoms in total. The van der Waals surface area contributed by atoms with Crippen LogP contribution in [0.4, 0.5) is 10.5 Å². The highest BCUT2D eigenvalue weighted by Crippen LogP contribution is 2.20. The summed E-state index contributed by atoms with van der Waals surface area (Å²) in [6.45, 7) is 9.22. The van der Waals surface area contributed by atoms with Crippen molar-refractivity contribution >= 4 is 21.7 Å². The van der Waals surface area contributed by atoms with E-state index in [0.717, 1.165) is 16.8 Å². The third kappa shape index (κ3) is 7.67. The molecule has 0 saturated carbocycles. The minimum Gasteiger partial charge on any atom is -0.354 e. The fourth-order valence-electron chi connectivity index (χ4n) is 2.15. The molecule has 1 aromatic rings. The van der Waals surface area contributed by atoms with Crippen molar-refractivity contribution in [3.63, 3.8) is 0 Å². The number of aryl methyl sites for hydroxylation is 1. The number of rotatable bonds is 7. The number of urea groups is 1. The van der Waals surface area contributed by atoms with Crippen molar-refractivity contribution in [1.82, 2.24) is 10.0 Å². The van der Waals surface area contributed by atoms with Gasteiger partial charge in [0.15, 0.2) is 4.91 Å². The molecule has 0 radical (unpaired) electrons. The van der Waals surface area contributed by atoms with E-state index in [1.54, 1.807) is 26.0 Å². The molecule has 0 heterocycles. The first-order valence-electron chi connectivity index (χ1n) is 8.57. The van der Waals surface area contributed by atoms with Crippen LogP contribution in [0.1, 0.15) is 33.3 Å². The summed E-state index contributed by atoms with van der Waals surface area (Å²) in [7, 11) is -4.12. The first-order chi connectivity index (χ1) is 12.5. The molecule has 0 aromatic heterocycles. The van der Waals surface area contributed by atoms with Crippen LogP contribution in [0.3, 0.4) is 0 Å². The molecular formula is C19H29N4O3S+. The summed E-state index contributed by atoms with van der Waals surface area (Å²) in [5.74, 6) is 0. The quantitative estimate of drug-likeness (QED) is 0.532. The van der Waals surface area contributed by atoms with E-state index < -0.39 is 16.1 Å². The van der Waals surface area contributed by atoms with E-state index in [0.29, 0.717) is 5.70 Å². The van der Waals surface area contributed by atoms with Crippen LogP contribution < -0.4 is 21.1 Å². The Hall–Kier alpha value is -2.58. The first kappa shape index (κ1) is 22.5. The average Bonchev–Trinajstić information content (AvgIpc) is 2.51. The average molecular weight is 394 g/mol. The predicted octanol–water partition coefficient (Wildman–Crippen LogP) is 2.38. The van der Waals surface area contributed by atoms with E-state index in [-0.39, 0.29) is 10.9 Å². The van der Waals surface area contributed by atoms with Crippen LogP contribution in [0.2, 0.25) is 0 Å². The van der Waals surface area contributed by atoms with Gasteiger partial charge in [-0.1, -0.05) is 23.8 Å². The minimum absolute atomic E-state index is 0.125. The summed E-state index contributed by atoms with van der Waals surface area (Å²) >= 11 is 0. The number of hydrogen-bond donors (Lipinski definition) is 4. The molecule has 0 spiro atoms. The zero-order valence-corrected chi connectivity index (χ0v) is 17.3. The molecule has 0 bridgehead atoms. The number of nitrogens with one attached hydrogen (secondary N) is 3. The summed E-state index contributed by atoms with van der Waals surface area (Å²) in [4.78, 5) is 11.8. The van der Waals surface area contributed by atoms with Gasteiger partial charge in [0.1, 0.15) is 6.20 Å². The smallest absolute Gasteiger partial charge is 0.328 e. The van der Waals surface area contributed by atoms with Crippen molar-refractivity contribution in [3.05, 3.63) is 64.4 Å². The van der Waals surface area contributed by atoms with Crippen LogP contribution >= 0.6 is 0 Å². The van der Waals surface area contributed by atoms with Gasteiger partial charge in [0.2, 0.25) is 0 Å². The monoisotopic (exact) mass is 393 g/mol. The Bertz CT molecular complexity index is 865. The molecule has 0 aliphatic carbocycles. The van der Waals surface area contributed by atoms with E-state index in [2.05, 4.69) is 16.4 Å². The number of sulfonamides is 1. The zero-order valence-electron chi connectivity index (χ0n) is 16.5. The largest absolute Gasteiger partial charge is 0.354 e. The van der Waals surface area contributed by atoms with Gasteiger partial charge < -0.3 is 16.4 Å². The van der Waals surface area contributed by atoms with Crippen LogP contribution in [-0.4, -0.2) is 20.5 Å². The van der Waals surface area contributed by atoms with Gasteiger partial charge in [-0.2, -0.15) is 0 Å². The molecule has 1 rings (SSSR count). The minimum atomic E-state index is -4.12. The van der Waals surface area contributed by atoms with Gasteiger partial charge in [0.25, 0.3) is 10.0 Å². The van der Waals surface area contributed by atoms with Crippen LogP contribution in [0, 0.1) is 6.92 Å². The molecule has 0 aliphatic heterocycles. The summed E-state index contributed by atoms with van der Waals surface area (Å²) < 4.78 is 27.4. The van der Waals surface area contributed by atoms with E-state index in [9.17, 15) is 13.2 Å². The van der Waals surface area contributed by atoms with E-state index in [1.807, 2.05) is 49.8 Å². The maximum atomic E-state index is 12.7. The van der Waals surface area contributed by atoms with E-state index >= 15 is 0 Å². The zero-order chi connectivity index (χ0) is 20.6. The highest BCUT2D eigenvalue weighted by Gasteiger charge is 2.25. The maximum Gasteiger partial charge on any atom is 0.328 e.